The molecule has 9 heavy (non-hydrogen) atoms. The molecule has 0 rings (SSSR count). The predicted molar refractivity (Wildman–Crippen MR) is 34.4 cm³/mol. The van der Waals surface area contributed by atoms with Crippen LogP contribution in [0.25, 0.3) is 0 Å². The lowest BCUT2D eigenvalue weighted by Crippen LogP contribution is -2.22. The van der Waals surface area contributed by atoms with Gasteiger partial charge < -0.3 is 0 Å². The summed E-state index contributed by atoms with van der Waals surface area (Å²) in [5, 5.41) is 1.24. The molecule has 0 aromatic rings. The second-order valence-electron chi connectivity index (χ2n) is 1.52. The van der Waals surface area contributed by atoms with Gasteiger partial charge in [0.15, 0.2) is 0 Å². The SMILES string of the molecule is [CH2]CCN(C=O)OCC. The van der Waals surface area contributed by atoms with Gasteiger partial charge in [-0.25, -0.2) is 5.06 Å². The van der Waals surface area contributed by atoms with Crippen molar-refractivity contribution >= 4 is 6.41 Å². The van der Waals surface area contributed by atoms with E-state index in [1.54, 1.807) is 0 Å². The summed E-state index contributed by atoms with van der Waals surface area (Å²) < 4.78 is 0. The maximum absolute atomic E-state index is 10.1. The summed E-state index contributed by atoms with van der Waals surface area (Å²) >= 11 is 0. The average molecular weight is 130 g/mol. The zero-order chi connectivity index (χ0) is 7.11. The van der Waals surface area contributed by atoms with Gasteiger partial charge in [-0.05, 0) is 13.3 Å². The van der Waals surface area contributed by atoms with E-state index in [1.165, 1.54) is 5.06 Å². The molecule has 0 aliphatic rings. The summed E-state index contributed by atoms with van der Waals surface area (Å²) in [5.41, 5.74) is 0. The predicted octanol–water partition coefficient (Wildman–Crippen LogP) is 0.620. The lowest BCUT2D eigenvalue weighted by Gasteiger charge is -2.13. The van der Waals surface area contributed by atoms with Crippen LogP contribution in [0, 0.1) is 6.92 Å². The molecule has 0 aromatic carbocycles. The van der Waals surface area contributed by atoms with Gasteiger partial charge in [-0.3, -0.25) is 9.63 Å². The van der Waals surface area contributed by atoms with Crippen LogP contribution < -0.4 is 0 Å². The molecule has 0 unspecified atom stereocenters. The monoisotopic (exact) mass is 130 g/mol. The molecule has 0 aromatic heterocycles. The molecule has 0 heterocycles. The van der Waals surface area contributed by atoms with Crippen LogP contribution in [0.2, 0.25) is 0 Å². The molecule has 0 aliphatic carbocycles. The topological polar surface area (TPSA) is 29.5 Å². The lowest BCUT2D eigenvalue weighted by molar-refractivity contribution is -0.169. The number of hydrogen-bond acceptors (Lipinski definition) is 2. The van der Waals surface area contributed by atoms with Crippen molar-refractivity contribution in [1.29, 1.82) is 0 Å². The molecule has 0 aliphatic heterocycles. The molecule has 0 N–H and O–H groups in total. The molecule has 1 amide bonds. The number of carbonyl (C=O) groups is 1. The van der Waals surface area contributed by atoms with E-state index in [-0.39, 0.29) is 0 Å². The lowest BCUT2D eigenvalue weighted by atomic mass is 10.5. The normalized spacial score (nSPS) is 9.11. The van der Waals surface area contributed by atoms with Gasteiger partial charge >= 0.3 is 0 Å². The Morgan fingerprint density at radius 2 is 2.44 bits per heavy atom. The van der Waals surface area contributed by atoms with Crippen LogP contribution in [0.4, 0.5) is 0 Å². The number of hydrogen-bond donors (Lipinski definition) is 0. The van der Waals surface area contributed by atoms with Gasteiger partial charge in [0.1, 0.15) is 0 Å². The molecule has 0 saturated heterocycles. The summed E-state index contributed by atoms with van der Waals surface area (Å²) in [5.74, 6) is 0. The minimum absolute atomic E-state index is 0.527. The van der Waals surface area contributed by atoms with Crippen LogP contribution in [0.15, 0.2) is 0 Å². The van der Waals surface area contributed by atoms with Crippen LogP contribution in [0.3, 0.4) is 0 Å². The van der Waals surface area contributed by atoms with E-state index < -0.39 is 0 Å². The maximum atomic E-state index is 10.1. The van der Waals surface area contributed by atoms with Crippen molar-refractivity contribution in [3.63, 3.8) is 0 Å². The first-order valence-corrected chi connectivity index (χ1v) is 2.99. The van der Waals surface area contributed by atoms with E-state index >= 15 is 0 Å². The fourth-order valence-corrected chi connectivity index (χ4v) is 0.469. The first-order valence-electron chi connectivity index (χ1n) is 2.99. The van der Waals surface area contributed by atoms with E-state index in [1.807, 2.05) is 6.92 Å². The third-order valence-electron chi connectivity index (χ3n) is 0.791. The minimum atomic E-state index is 0.527. The Balaban J connectivity index is 3.29. The van der Waals surface area contributed by atoms with Crippen molar-refractivity contribution in [3.05, 3.63) is 6.92 Å². The van der Waals surface area contributed by atoms with Gasteiger partial charge in [0.2, 0.25) is 6.41 Å². The molecule has 0 fully saturated rings. The Morgan fingerprint density at radius 1 is 1.78 bits per heavy atom. The van der Waals surface area contributed by atoms with Gasteiger partial charge in [-0.1, -0.05) is 6.92 Å². The molecule has 0 saturated carbocycles. The molecule has 0 bridgehead atoms. The van der Waals surface area contributed by atoms with E-state index in [9.17, 15) is 4.79 Å². The van der Waals surface area contributed by atoms with Crippen LogP contribution in [0.5, 0.6) is 0 Å². The third kappa shape index (κ3) is 3.97. The van der Waals surface area contributed by atoms with Crippen LogP contribution in [0.1, 0.15) is 13.3 Å². The van der Waals surface area contributed by atoms with E-state index in [0.717, 1.165) is 0 Å². The van der Waals surface area contributed by atoms with Crippen LogP contribution >= 0.6 is 0 Å². The number of hydroxylamine groups is 2. The van der Waals surface area contributed by atoms with Gasteiger partial charge in [-0.2, -0.15) is 0 Å². The fraction of sp³-hybridized carbons (Fsp3) is 0.667. The zero-order valence-electron chi connectivity index (χ0n) is 5.67. The van der Waals surface area contributed by atoms with Gasteiger partial charge in [0, 0.05) is 6.54 Å². The van der Waals surface area contributed by atoms with Crippen molar-refractivity contribution in [1.82, 2.24) is 5.06 Å². The smallest absolute Gasteiger partial charge is 0.233 e. The Bertz CT molecular complexity index is 69.5. The van der Waals surface area contributed by atoms with Crippen LogP contribution in [-0.2, 0) is 9.63 Å². The molecule has 3 nitrogen and oxygen atoms in total. The highest BCUT2D eigenvalue weighted by molar-refractivity contribution is 5.44. The fourth-order valence-electron chi connectivity index (χ4n) is 0.469. The summed E-state index contributed by atoms with van der Waals surface area (Å²) in [6.07, 6.45) is 1.34. The number of rotatable bonds is 5. The number of nitrogens with zero attached hydrogens (tertiary/aromatic N) is 1. The number of amides is 1. The Labute approximate surface area is 55.6 Å². The van der Waals surface area contributed by atoms with Crippen molar-refractivity contribution < 1.29 is 9.63 Å². The first-order chi connectivity index (χ1) is 4.35. The first kappa shape index (κ1) is 8.43. The van der Waals surface area contributed by atoms with Crippen molar-refractivity contribution in [2.45, 2.75) is 13.3 Å². The third-order valence-corrected chi connectivity index (χ3v) is 0.791. The minimum Gasteiger partial charge on any atom is -0.276 e. The van der Waals surface area contributed by atoms with Crippen molar-refractivity contribution in [2.24, 2.45) is 0 Å². The summed E-state index contributed by atoms with van der Waals surface area (Å²) in [6, 6.07) is 0. The molecule has 1 radical (unpaired) electrons. The van der Waals surface area contributed by atoms with Gasteiger partial charge in [0.05, 0.1) is 6.61 Å². The average Bonchev–Trinajstić information content (AvgIpc) is 1.88. The summed E-state index contributed by atoms with van der Waals surface area (Å²) in [6.45, 7) is 6.50. The highest BCUT2D eigenvalue weighted by atomic mass is 16.7. The second-order valence-corrected chi connectivity index (χ2v) is 1.52. The molecule has 0 atom stereocenters. The molecule has 3 heteroatoms. The highest BCUT2D eigenvalue weighted by Crippen LogP contribution is 1.86. The van der Waals surface area contributed by atoms with Gasteiger partial charge in [-0.15, -0.1) is 0 Å². The molecular formula is C6H12NO2. The summed E-state index contributed by atoms with van der Waals surface area (Å²) in [7, 11) is 0. The Hall–Kier alpha value is -0.570. The molecule has 0 spiro atoms. The molecular weight excluding hydrogens is 118 g/mol. The zero-order valence-corrected chi connectivity index (χ0v) is 5.67. The second kappa shape index (κ2) is 5.56. The van der Waals surface area contributed by atoms with E-state index in [4.69, 9.17) is 4.84 Å². The van der Waals surface area contributed by atoms with Crippen molar-refractivity contribution in [2.75, 3.05) is 13.2 Å². The standard InChI is InChI=1S/C6H12NO2/c1-3-5-7(6-8)9-4-2/h6H,1,3-5H2,2H3. The maximum Gasteiger partial charge on any atom is 0.233 e. The van der Waals surface area contributed by atoms with E-state index in [0.29, 0.717) is 26.0 Å². The largest absolute Gasteiger partial charge is 0.276 e. The molecule has 53 valence electrons. The quantitative estimate of drug-likeness (QED) is 0.403. The van der Waals surface area contributed by atoms with Gasteiger partial charge in [0.25, 0.3) is 0 Å². The van der Waals surface area contributed by atoms with Crippen LogP contribution in [-0.4, -0.2) is 24.6 Å². The van der Waals surface area contributed by atoms with E-state index in [2.05, 4.69) is 6.92 Å². The highest BCUT2D eigenvalue weighted by Gasteiger charge is 1.95. The summed E-state index contributed by atoms with van der Waals surface area (Å²) in [4.78, 5) is 14.9. The van der Waals surface area contributed by atoms with Crippen molar-refractivity contribution in [3.8, 4) is 0 Å². The Kier molecular flexibility index (Phi) is 5.21. The Morgan fingerprint density at radius 3 is 2.78 bits per heavy atom. The number of carbonyl (C=O) groups excluding carboxylic acids is 1.